The number of urea groups is 1. The number of nitrogens with zero attached hydrogens (tertiary/aromatic N) is 1. The molecule has 0 aliphatic carbocycles. The van der Waals surface area contributed by atoms with Crippen molar-refractivity contribution >= 4 is 17.1 Å². The molecule has 0 saturated heterocycles. The lowest BCUT2D eigenvalue weighted by Crippen LogP contribution is -2.42. The summed E-state index contributed by atoms with van der Waals surface area (Å²) in [4.78, 5) is 19.1. The molecule has 2 rings (SSSR count). The minimum absolute atomic E-state index is 0.0861. The molecule has 2 aromatic rings. The Kier molecular flexibility index (Phi) is 4.01. The van der Waals surface area contributed by atoms with Crippen molar-refractivity contribution in [2.45, 2.75) is 26.4 Å². The van der Waals surface area contributed by atoms with E-state index in [1.807, 2.05) is 25.1 Å². The SMILES string of the molecule is Cc1cccc2[nH]c(CNC(=O)NC(C)CO)nc12. The van der Waals surface area contributed by atoms with Gasteiger partial charge in [-0.1, -0.05) is 12.1 Å². The van der Waals surface area contributed by atoms with E-state index in [9.17, 15) is 4.79 Å². The van der Waals surface area contributed by atoms with Gasteiger partial charge in [-0.2, -0.15) is 0 Å². The predicted molar refractivity (Wildman–Crippen MR) is 72.7 cm³/mol. The van der Waals surface area contributed by atoms with Crippen LogP contribution in [0.3, 0.4) is 0 Å². The van der Waals surface area contributed by atoms with E-state index in [1.165, 1.54) is 0 Å². The number of aliphatic hydroxyl groups excluding tert-OH is 1. The summed E-state index contributed by atoms with van der Waals surface area (Å²) in [6.07, 6.45) is 0. The molecule has 6 heteroatoms. The van der Waals surface area contributed by atoms with Crippen LogP contribution in [0.15, 0.2) is 18.2 Å². The maximum Gasteiger partial charge on any atom is 0.315 e. The van der Waals surface area contributed by atoms with Crippen LogP contribution in [0.5, 0.6) is 0 Å². The van der Waals surface area contributed by atoms with Crippen molar-refractivity contribution in [1.82, 2.24) is 20.6 Å². The molecule has 1 aromatic carbocycles. The number of benzene rings is 1. The first-order chi connectivity index (χ1) is 9.10. The highest BCUT2D eigenvalue weighted by atomic mass is 16.3. The van der Waals surface area contributed by atoms with Crippen LogP contribution in [0.1, 0.15) is 18.3 Å². The monoisotopic (exact) mass is 262 g/mol. The fourth-order valence-corrected chi connectivity index (χ4v) is 1.79. The fraction of sp³-hybridized carbons (Fsp3) is 0.385. The highest BCUT2D eigenvalue weighted by Gasteiger charge is 2.08. The van der Waals surface area contributed by atoms with Gasteiger partial charge in [-0.15, -0.1) is 0 Å². The summed E-state index contributed by atoms with van der Waals surface area (Å²) in [5, 5.41) is 14.1. The number of hydrogen-bond acceptors (Lipinski definition) is 3. The number of rotatable bonds is 4. The van der Waals surface area contributed by atoms with E-state index in [4.69, 9.17) is 5.11 Å². The van der Waals surface area contributed by atoms with Crippen molar-refractivity contribution < 1.29 is 9.90 Å². The molecule has 1 atom stereocenters. The quantitative estimate of drug-likeness (QED) is 0.664. The molecule has 0 fully saturated rings. The number of amides is 2. The van der Waals surface area contributed by atoms with E-state index in [0.717, 1.165) is 16.6 Å². The smallest absolute Gasteiger partial charge is 0.315 e. The van der Waals surface area contributed by atoms with Gasteiger partial charge in [0.2, 0.25) is 0 Å². The molecule has 19 heavy (non-hydrogen) atoms. The average molecular weight is 262 g/mol. The Morgan fingerprint density at radius 3 is 3.00 bits per heavy atom. The largest absolute Gasteiger partial charge is 0.394 e. The first-order valence-electron chi connectivity index (χ1n) is 6.19. The van der Waals surface area contributed by atoms with Gasteiger partial charge in [0.25, 0.3) is 0 Å². The van der Waals surface area contributed by atoms with Gasteiger partial charge in [0.15, 0.2) is 0 Å². The van der Waals surface area contributed by atoms with E-state index in [-0.39, 0.29) is 18.7 Å². The van der Waals surface area contributed by atoms with Gasteiger partial charge in [0.05, 0.1) is 30.2 Å². The van der Waals surface area contributed by atoms with Crippen LogP contribution in [0.25, 0.3) is 11.0 Å². The molecule has 1 aromatic heterocycles. The Balaban J connectivity index is 1.98. The summed E-state index contributed by atoms with van der Waals surface area (Å²) in [6, 6.07) is 5.32. The third-order valence-corrected chi connectivity index (χ3v) is 2.83. The Bertz CT molecular complexity index is 579. The topological polar surface area (TPSA) is 90.0 Å². The second-order valence-electron chi connectivity index (χ2n) is 4.57. The number of fused-ring (bicyclic) bond motifs is 1. The molecular formula is C13H18N4O2. The second-order valence-corrected chi connectivity index (χ2v) is 4.57. The Morgan fingerprint density at radius 2 is 2.32 bits per heavy atom. The predicted octanol–water partition coefficient (Wildman–Crippen LogP) is 1.05. The Labute approximate surface area is 111 Å². The van der Waals surface area contributed by atoms with Crippen molar-refractivity contribution in [2.75, 3.05) is 6.61 Å². The summed E-state index contributed by atoms with van der Waals surface area (Å²) >= 11 is 0. The molecule has 0 aliphatic rings. The van der Waals surface area contributed by atoms with Crippen LogP contribution in [0, 0.1) is 6.92 Å². The van der Waals surface area contributed by atoms with Crippen LogP contribution >= 0.6 is 0 Å². The number of hydrogen-bond donors (Lipinski definition) is 4. The van der Waals surface area contributed by atoms with E-state index in [0.29, 0.717) is 12.4 Å². The van der Waals surface area contributed by atoms with E-state index in [2.05, 4.69) is 20.6 Å². The molecule has 2 amide bonds. The lowest BCUT2D eigenvalue weighted by Gasteiger charge is -2.10. The Morgan fingerprint density at radius 1 is 1.53 bits per heavy atom. The van der Waals surface area contributed by atoms with Gasteiger partial charge in [-0.05, 0) is 25.5 Å². The van der Waals surface area contributed by atoms with Crippen molar-refractivity contribution in [3.63, 3.8) is 0 Å². The molecule has 0 saturated carbocycles. The standard InChI is InChI=1S/C13H18N4O2/c1-8-4-3-5-10-12(8)17-11(16-10)6-14-13(19)15-9(2)7-18/h3-5,9,18H,6-7H2,1-2H3,(H,16,17)(H2,14,15,19). The molecule has 1 unspecified atom stereocenters. The number of carbonyl (C=O) groups excluding carboxylic acids is 1. The van der Waals surface area contributed by atoms with Gasteiger partial charge in [0.1, 0.15) is 5.82 Å². The summed E-state index contributed by atoms with van der Waals surface area (Å²) in [6.45, 7) is 3.95. The van der Waals surface area contributed by atoms with Crippen molar-refractivity contribution in [3.05, 3.63) is 29.6 Å². The third-order valence-electron chi connectivity index (χ3n) is 2.83. The van der Waals surface area contributed by atoms with Gasteiger partial charge in [-0.25, -0.2) is 9.78 Å². The van der Waals surface area contributed by atoms with Crippen molar-refractivity contribution in [3.8, 4) is 0 Å². The minimum atomic E-state index is -0.321. The number of H-pyrrole nitrogens is 1. The summed E-state index contributed by atoms with van der Waals surface area (Å²) < 4.78 is 0. The average Bonchev–Trinajstić information content (AvgIpc) is 2.81. The van der Waals surface area contributed by atoms with Crippen LogP contribution in [0.2, 0.25) is 0 Å². The van der Waals surface area contributed by atoms with E-state index >= 15 is 0 Å². The molecule has 1 heterocycles. The van der Waals surface area contributed by atoms with Crippen molar-refractivity contribution in [2.24, 2.45) is 0 Å². The van der Waals surface area contributed by atoms with Gasteiger partial charge >= 0.3 is 6.03 Å². The Hall–Kier alpha value is -2.08. The van der Waals surface area contributed by atoms with Crippen LogP contribution in [0.4, 0.5) is 4.79 Å². The molecule has 0 aliphatic heterocycles. The fourth-order valence-electron chi connectivity index (χ4n) is 1.79. The van der Waals surface area contributed by atoms with E-state index < -0.39 is 0 Å². The van der Waals surface area contributed by atoms with Gasteiger partial charge in [-0.3, -0.25) is 0 Å². The first-order valence-corrected chi connectivity index (χ1v) is 6.19. The molecule has 102 valence electrons. The summed E-state index contributed by atoms with van der Waals surface area (Å²) in [7, 11) is 0. The van der Waals surface area contributed by atoms with Gasteiger partial charge < -0.3 is 20.7 Å². The molecule has 0 bridgehead atoms. The molecule has 0 spiro atoms. The molecule has 6 nitrogen and oxygen atoms in total. The normalized spacial score (nSPS) is 12.4. The zero-order chi connectivity index (χ0) is 13.8. The number of nitrogens with one attached hydrogen (secondary N) is 3. The maximum absolute atomic E-state index is 11.5. The zero-order valence-corrected chi connectivity index (χ0v) is 11.0. The molecular weight excluding hydrogens is 244 g/mol. The first kappa shape index (κ1) is 13.4. The number of aromatic nitrogens is 2. The lowest BCUT2D eigenvalue weighted by atomic mass is 10.2. The molecule has 0 radical (unpaired) electrons. The van der Waals surface area contributed by atoms with Crippen LogP contribution < -0.4 is 10.6 Å². The highest BCUT2D eigenvalue weighted by molar-refractivity contribution is 5.78. The number of aryl methyl sites for hydroxylation is 1. The maximum atomic E-state index is 11.5. The molecule has 4 N–H and O–H groups in total. The van der Waals surface area contributed by atoms with Gasteiger partial charge in [0, 0.05) is 0 Å². The number of imidazole rings is 1. The van der Waals surface area contributed by atoms with Crippen LogP contribution in [-0.4, -0.2) is 33.8 Å². The third kappa shape index (κ3) is 3.23. The van der Waals surface area contributed by atoms with Crippen molar-refractivity contribution in [1.29, 1.82) is 0 Å². The number of para-hydroxylation sites is 1. The van der Waals surface area contributed by atoms with Crippen LogP contribution in [-0.2, 0) is 6.54 Å². The summed E-state index contributed by atoms with van der Waals surface area (Å²) in [5.41, 5.74) is 2.97. The highest BCUT2D eigenvalue weighted by Crippen LogP contribution is 2.15. The number of aromatic amines is 1. The second kappa shape index (κ2) is 5.71. The zero-order valence-electron chi connectivity index (χ0n) is 11.0. The number of aliphatic hydroxyl groups is 1. The summed E-state index contributed by atoms with van der Waals surface area (Å²) in [5.74, 6) is 0.705. The number of carbonyl (C=O) groups is 1. The minimum Gasteiger partial charge on any atom is -0.394 e. The lowest BCUT2D eigenvalue weighted by molar-refractivity contribution is 0.220. The van der Waals surface area contributed by atoms with E-state index in [1.54, 1.807) is 6.92 Å².